The van der Waals surface area contributed by atoms with Crippen LogP contribution in [0.15, 0.2) is 28.8 Å². The van der Waals surface area contributed by atoms with Gasteiger partial charge in [0.15, 0.2) is 0 Å². The molecule has 0 bridgehead atoms. The van der Waals surface area contributed by atoms with Crippen LogP contribution in [0, 0.1) is 0 Å². The van der Waals surface area contributed by atoms with Crippen molar-refractivity contribution in [1.82, 2.24) is 5.16 Å². The van der Waals surface area contributed by atoms with Crippen molar-refractivity contribution in [2.45, 2.75) is 13.3 Å². The van der Waals surface area contributed by atoms with Gasteiger partial charge < -0.3 is 4.52 Å². The lowest BCUT2D eigenvalue weighted by atomic mass is 10.1. The molecular formula is C12H9Cl2NO2. The first-order valence-electron chi connectivity index (χ1n) is 5.07. The second-order valence-corrected chi connectivity index (χ2v) is 4.24. The van der Waals surface area contributed by atoms with Crippen molar-refractivity contribution < 1.29 is 9.32 Å². The zero-order chi connectivity index (χ0) is 12.4. The molecule has 0 spiro atoms. The maximum absolute atomic E-state index is 11.4. The largest absolute Gasteiger partial charge is 0.360 e. The second kappa shape index (κ2) is 4.90. The third kappa shape index (κ3) is 2.35. The Hall–Kier alpha value is -1.32. The van der Waals surface area contributed by atoms with Crippen LogP contribution in [-0.4, -0.2) is 10.4 Å². The Morgan fingerprint density at radius 2 is 2.00 bits per heavy atom. The van der Waals surface area contributed by atoms with Gasteiger partial charge in [-0.25, -0.2) is 0 Å². The molecule has 0 amide bonds. The predicted octanol–water partition coefficient (Wildman–Crippen LogP) is 3.94. The molecule has 0 atom stereocenters. The Balaban J connectivity index is 2.55. The summed E-state index contributed by atoms with van der Waals surface area (Å²) in [5.74, 6) is 0.495. The van der Waals surface area contributed by atoms with E-state index in [1.54, 1.807) is 24.3 Å². The molecule has 3 nitrogen and oxygen atoms in total. The maximum Gasteiger partial charge on any atom is 0.258 e. The van der Waals surface area contributed by atoms with E-state index in [-0.39, 0.29) is 0 Å². The van der Waals surface area contributed by atoms with Crippen molar-refractivity contribution in [2.75, 3.05) is 0 Å². The number of hydrogen-bond donors (Lipinski definition) is 0. The summed E-state index contributed by atoms with van der Waals surface area (Å²) in [6, 6.07) is 6.98. The molecule has 0 unspecified atom stereocenters. The molecule has 2 rings (SSSR count). The first kappa shape index (κ1) is 12.1. The zero-order valence-corrected chi connectivity index (χ0v) is 10.5. The number of aromatic nitrogens is 1. The monoisotopic (exact) mass is 269 g/mol. The molecule has 0 radical (unpaired) electrons. The van der Waals surface area contributed by atoms with Gasteiger partial charge in [0, 0.05) is 17.0 Å². The van der Waals surface area contributed by atoms with E-state index in [9.17, 15) is 4.79 Å². The van der Waals surface area contributed by atoms with Gasteiger partial charge in [-0.15, -0.1) is 0 Å². The molecule has 0 aliphatic heterocycles. The van der Waals surface area contributed by atoms with Gasteiger partial charge >= 0.3 is 0 Å². The number of benzene rings is 1. The van der Waals surface area contributed by atoms with Crippen LogP contribution in [0.5, 0.6) is 0 Å². The van der Waals surface area contributed by atoms with Crippen LogP contribution < -0.4 is 0 Å². The third-order valence-corrected chi connectivity index (χ3v) is 2.84. The lowest BCUT2D eigenvalue weighted by Gasteiger charge is -1.98. The van der Waals surface area contributed by atoms with E-state index < -0.39 is 5.24 Å². The van der Waals surface area contributed by atoms with Crippen LogP contribution in [0.1, 0.15) is 23.0 Å². The van der Waals surface area contributed by atoms with E-state index in [1.807, 2.05) is 6.92 Å². The van der Waals surface area contributed by atoms with Crippen LogP contribution >= 0.6 is 23.2 Å². The number of nitrogens with zero attached hydrogens (tertiary/aromatic N) is 1. The number of carbonyl (C=O) groups excluding carboxylic acids is 1. The first-order chi connectivity index (χ1) is 8.13. The fraction of sp³-hybridized carbons (Fsp3) is 0.167. The molecule has 1 aromatic carbocycles. The van der Waals surface area contributed by atoms with Gasteiger partial charge in [-0.2, -0.15) is 0 Å². The van der Waals surface area contributed by atoms with E-state index in [1.165, 1.54) is 0 Å². The summed E-state index contributed by atoms with van der Waals surface area (Å²) < 4.78 is 5.10. The minimum absolute atomic E-state index is 0.330. The Morgan fingerprint density at radius 3 is 2.53 bits per heavy atom. The summed E-state index contributed by atoms with van der Waals surface area (Å²) in [6.45, 7) is 1.87. The van der Waals surface area contributed by atoms with Crippen molar-refractivity contribution in [3.63, 3.8) is 0 Å². The fourth-order valence-electron chi connectivity index (χ4n) is 1.57. The van der Waals surface area contributed by atoms with Crippen LogP contribution in [0.25, 0.3) is 11.3 Å². The number of rotatable bonds is 3. The fourth-order valence-corrected chi connectivity index (χ4v) is 1.89. The summed E-state index contributed by atoms with van der Waals surface area (Å²) in [7, 11) is 0. The summed E-state index contributed by atoms with van der Waals surface area (Å²) >= 11 is 11.3. The summed E-state index contributed by atoms with van der Waals surface area (Å²) in [5, 5.41) is 3.94. The second-order valence-electron chi connectivity index (χ2n) is 3.46. The Morgan fingerprint density at radius 1 is 1.35 bits per heavy atom. The minimum Gasteiger partial charge on any atom is -0.360 e. The molecular weight excluding hydrogens is 261 g/mol. The summed E-state index contributed by atoms with van der Waals surface area (Å²) in [5.41, 5.74) is 1.54. The Labute approximate surface area is 108 Å². The van der Waals surface area contributed by atoms with Gasteiger partial charge in [-0.1, -0.05) is 35.8 Å². The molecule has 1 heterocycles. The molecule has 2 aromatic rings. The van der Waals surface area contributed by atoms with Gasteiger partial charge in [0.2, 0.25) is 0 Å². The molecule has 0 saturated carbocycles. The van der Waals surface area contributed by atoms with E-state index in [4.69, 9.17) is 27.7 Å². The van der Waals surface area contributed by atoms with E-state index in [0.29, 0.717) is 28.5 Å². The molecule has 17 heavy (non-hydrogen) atoms. The SMILES string of the molecule is CCc1onc(-c2ccc(Cl)cc2)c1C(=O)Cl. The Bertz CT molecular complexity index is 546. The van der Waals surface area contributed by atoms with Crippen molar-refractivity contribution >= 4 is 28.4 Å². The van der Waals surface area contributed by atoms with Gasteiger partial charge in [0.25, 0.3) is 5.24 Å². The van der Waals surface area contributed by atoms with Crippen LogP contribution in [-0.2, 0) is 6.42 Å². The average Bonchev–Trinajstić information content (AvgIpc) is 2.73. The lowest BCUT2D eigenvalue weighted by molar-refractivity contribution is 0.108. The standard InChI is InChI=1S/C12H9Cl2NO2/c1-2-9-10(12(14)16)11(15-17-9)7-3-5-8(13)6-4-7/h3-6H,2H2,1H3. The number of aryl methyl sites for hydroxylation is 1. The molecule has 88 valence electrons. The zero-order valence-electron chi connectivity index (χ0n) is 9.04. The molecule has 5 heteroatoms. The van der Waals surface area contributed by atoms with Gasteiger partial charge in [0.05, 0.1) is 0 Å². The van der Waals surface area contributed by atoms with Crippen LogP contribution in [0.3, 0.4) is 0 Å². The van der Waals surface area contributed by atoms with E-state index in [2.05, 4.69) is 5.16 Å². The molecule has 0 N–H and O–H groups in total. The number of hydrogen-bond acceptors (Lipinski definition) is 3. The van der Waals surface area contributed by atoms with Crippen LogP contribution in [0.4, 0.5) is 0 Å². The quantitative estimate of drug-likeness (QED) is 0.793. The van der Waals surface area contributed by atoms with Crippen molar-refractivity contribution in [3.05, 3.63) is 40.6 Å². The van der Waals surface area contributed by atoms with Gasteiger partial charge in [0.1, 0.15) is 17.0 Å². The Kier molecular flexibility index (Phi) is 3.50. The summed E-state index contributed by atoms with van der Waals surface area (Å²) in [4.78, 5) is 11.4. The highest BCUT2D eigenvalue weighted by atomic mass is 35.5. The smallest absolute Gasteiger partial charge is 0.258 e. The first-order valence-corrected chi connectivity index (χ1v) is 5.83. The van der Waals surface area contributed by atoms with Gasteiger partial charge in [-0.3, -0.25) is 4.79 Å². The highest BCUT2D eigenvalue weighted by molar-refractivity contribution is 6.68. The highest BCUT2D eigenvalue weighted by Crippen LogP contribution is 2.28. The highest BCUT2D eigenvalue weighted by Gasteiger charge is 2.21. The van der Waals surface area contributed by atoms with Crippen molar-refractivity contribution in [1.29, 1.82) is 0 Å². The molecule has 0 saturated heterocycles. The average molecular weight is 270 g/mol. The number of halogens is 2. The predicted molar refractivity (Wildman–Crippen MR) is 66.5 cm³/mol. The lowest BCUT2D eigenvalue weighted by Crippen LogP contribution is -1.95. The van der Waals surface area contributed by atoms with Crippen LogP contribution in [0.2, 0.25) is 5.02 Å². The summed E-state index contributed by atoms with van der Waals surface area (Å²) in [6.07, 6.45) is 0.564. The topological polar surface area (TPSA) is 43.1 Å². The normalized spacial score (nSPS) is 10.5. The van der Waals surface area contributed by atoms with Crippen molar-refractivity contribution in [3.8, 4) is 11.3 Å². The minimum atomic E-state index is -0.562. The van der Waals surface area contributed by atoms with E-state index in [0.717, 1.165) is 5.56 Å². The molecule has 1 aromatic heterocycles. The molecule has 0 fully saturated rings. The maximum atomic E-state index is 11.4. The number of carbonyl (C=O) groups is 1. The molecule has 0 aliphatic rings. The van der Waals surface area contributed by atoms with Gasteiger partial charge in [-0.05, 0) is 23.7 Å². The third-order valence-electron chi connectivity index (χ3n) is 2.40. The van der Waals surface area contributed by atoms with E-state index >= 15 is 0 Å². The van der Waals surface area contributed by atoms with Crippen molar-refractivity contribution in [2.24, 2.45) is 0 Å². The molecule has 0 aliphatic carbocycles.